The zero-order chi connectivity index (χ0) is 13.9. The first-order valence-corrected chi connectivity index (χ1v) is 6.82. The van der Waals surface area contributed by atoms with Gasteiger partial charge in [0.15, 0.2) is 10.9 Å². The molecule has 0 bridgehead atoms. The highest BCUT2D eigenvalue weighted by Gasteiger charge is 2.28. The second-order valence-electron chi connectivity index (χ2n) is 4.99. The van der Waals surface area contributed by atoms with Crippen molar-refractivity contribution in [2.45, 2.75) is 13.5 Å². The Hall–Kier alpha value is -1.66. The fraction of sp³-hybridized carbons (Fsp3) is 0.462. The van der Waals surface area contributed by atoms with Gasteiger partial charge >= 0.3 is 0 Å². The predicted octanol–water partition coefficient (Wildman–Crippen LogP) is 1.94. The summed E-state index contributed by atoms with van der Waals surface area (Å²) in [6, 6.07) is 1.96. The first-order valence-electron chi connectivity index (χ1n) is 6.44. The van der Waals surface area contributed by atoms with Crippen LogP contribution < -0.4 is 4.74 Å². The molecule has 1 aliphatic heterocycles. The van der Waals surface area contributed by atoms with Gasteiger partial charge in [-0.25, -0.2) is 0 Å². The van der Waals surface area contributed by atoms with Gasteiger partial charge < -0.3 is 9.26 Å². The molecule has 3 heterocycles. The standard InChI is InChI=1S/C13H15ClN4O2/c1-9-2-11(20-17-9)7-18-5-10(6-18)8-19-13-4-15-3-12(14)16-13/h2-4,10H,5-8H2,1H3. The lowest BCUT2D eigenvalue weighted by Gasteiger charge is -2.38. The lowest BCUT2D eigenvalue weighted by Crippen LogP contribution is -2.48. The monoisotopic (exact) mass is 294 g/mol. The smallest absolute Gasteiger partial charge is 0.233 e. The van der Waals surface area contributed by atoms with Gasteiger partial charge in [-0.05, 0) is 6.92 Å². The molecule has 106 valence electrons. The van der Waals surface area contributed by atoms with Crippen LogP contribution in [0.5, 0.6) is 5.88 Å². The molecule has 0 radical (unpaired) electrons. The summed E-state index contributed by atoms with van der Waals surface area (Å²) in [5, 5.41) is 4.22. The zero-order valence-corrected chi connectivity index (χ0v) is 11.9. The molecule has 2 aromatic heterocycles. The largest absolute Gasteiger partial charge is 0.476 e. The third kappa shape index (κ3) is 3.26. The van der Waals surface area contributed by atoms with Gasteiger partial charge in [0.1, 0.15) is 0 Å². The maximum Gasteiger partial charge on any atom is 0.233 e. The number of ether oxygens (including phenoxy) is 1. The Morgan fingerprint density at radius 3 is 3.00 bits per heavy atom. The quantitative estimate of drug-likeness (QED) is 0.840. The van der Waals surface area contributed by atoms with Crippen molar-refractivity contribution in [3.05, 3.63) is 35.1 Å². The minimum Gasteiger partial charge on any atom is -0.476 e. The van der Waals surface area contributed by atoms with Crippen molar-refractivity contribution in [2.24, 2.45) is 5.92 Å². The van der Waals surface area contributed by atoms with E-state index < -0.39 is 0 Å². The molecule has 2 aromatic rings. The number of hydrogen-bond donors (Lipinski definition) is 0. The van der Waals surface area contributed by atoms with Gasteiger partial charge in [0.05, 0.1) is 31.2 Å². The van der Waals surface area contributed by atoms with Crippen LogP contribution in [0, 0.1) is 12.8 Å². The van der Waals surface area contributed by atoms with E-state index in [0.29, 0.717) is 23.6 Å². The number of aromatic nitrogens is 3. The summed E-state index contributed by atoms with van der Waals surface area (Å²) in [7, 11) is 0. The third-order valence-electron chi connectivity index (χ3n) is 3.14. The highest BCUT2D eigenvalue weighted by molar-refractivity contribution is 6.29. The summed E-state index contributed by atoms with van der Waals surface area (Å²) in [6.45, 7) is 5.31. The molecule has 0 amide bonds. The van der Waals surface area contributed by atoms with E-state index in [-0.39, 0.29) is 0 Å². The van der Waals surface area contributed by atoms with Gasteiger partial charge in [0.25, 0.3) is 0 Å². The number of aryl methyl sites for hydroxylation is 1. The van der Waals surface area contributed by atoms with Gasteiger partial charge in [0, 0.05) is 25.1 Å². The minimum absolute atomic E-state index is 0.346. The normalized spacial score (nSPS) is 16.1. The molecule has 7 heteroatoms. The first-order chi connectivity index (χ1) is 9.69. The fourth-order valence-corrected chi connectivity index (χ4v) is 2.36. The summed E-state index contributed by atoms with van der Waals surface area (Å²) >= 11 is 5.75. The van der Waals surface area contributed by atoms with Crippen LogP contribution in [0.25, 0.3) is 0 Å². The van der Waals surface area contributed by atoms with E-state index in [1.54, 1.807) is 6.20 Å². The van der Waals surface area contributed by atoms with Crippen LogP contribution in [0.1, 0.15) is 11.5 Å². The number of halogens is 1. The van der Waals surface area contributed by atoms with Crippen LogP contribution in [0.2, 0.25) is 5.15 Å². The molecular weight excluding hydrogens is 280 g/mol. The molecule has 0 unspecified atom stereocenters. The van der Waals surface area contributed by atoms with E-state index in [9.17, 15) is 0 Å². The van der Waals surface area contributed by atoms with Crippen molar-refractivity contribution in [3.63, 3.8) is 0 Å². The lowest BCUT2D eigenvalue weighted by atomic mass is 10.0. The second-order valence-corrected chi connectivity index (χ2v) is 5.37. The van der Waals surface area contributed by atoms with Crippen LogP contribution in [-0.4, -0.2) is 39.7 Å². The topological polar surface area (TPSA) is 64.3 Å². The van der Waals surface area contributed by atoms with Crippen molar-refractivity contribution in [1.82, 2.24) is 20.0 Å². The third-order valence-corrected chi connectivity index (χ3v) is 3.32. The van der Waals surface area contributed by atoms with Gasteiger partial charge in [-0.15, -0.1) is 0 Å². The average Bonchev–Trinajstić information content (AvgIpc) is 2.78. The average molecular weight is 295 g/mol. The molecule has 0 aliphatic carbocycles. The van der Waals surface area contributed by atoms with E-state index >= 15 is 0 Å². The van der Waals surface area contributed by atoms with E-state index in [1.165, 1.54) is 6.20 Å². The van der Waals surface area contributed by atoms with Gasteiger partial charge in [-0.1, -0.05) is 16.8 Å². The van der Waals surface area contributed by atoms with Crippen molar-refractivity contribution in [3.8, 4) is 5.88 Å². The van der Waals surface area contributed by atoms with Crippen LogP contribution in [0.3, 0.4) is 0 Å². The number of likely N-dealkylation sites (tertiary alicyclic amines) is 1. The molecule has 0 saturated carbocycles. The summed E-state index contributed by atoms with van der Waals surface area (Å²) < 4.78 is 10.8. The van der Waals surface area contributed by atoms with E-state index in [0.717, 1.165) is 31.1 Å². The van der Waals surface area contributed by atoms with Gasteiger partial charge in [-0.2, -0.15) is 4.98 Å². The lowest BCUT2D eigenvalue weighted by molar-refractivity contribution is 0.0474. The Labute approximate surface area is 121 Å². The zero-order valence-electron chi connectivity index (χ0n) is 11.1. The Morgan fingerprint density at radius 1 is 1.45 bits per heavy atom. The van der Waals surface area contributed by atoms with Crippen molar-refractivity contribution >= 4 is 11.6 Å². The summed E-state index contributed by atoms with van der Waals surface area (Å²) in [5.74, 6) is 1.88. The van der Waals surface area contributed by atoms with E-state index in [1.807, 2.05) is 13.0 Å². The maximum atomic E-state index is 5.75. The minimum atomic E-state index is 0.346. The van der Waals surface area contributed by atoms with Crippen LogP contribution >= 0.6 is 11.6 Å². The molecular formula is C13H15ClN4O2. The Morgan fingerprint density at radius 2 is 2.30 bits per heavy atom. The van der Waals surface area contributed by atoms with Crippen molar-refractivity contribution < 1.29 is 9.26 Å². The van der Waals surface area contributed by atoms with Crippen LogP contribution in [0.4, 0.5) is 0 Å². The number of hydrogen-bond acceptors (Lipinski definition) is 6. The van der Waals surface area contributed by atoms with Crippen LogP contribution in [-0.2, 0) is 6.54 Å². The molecule has 1 fully saturated rings. The summed E-state index contributed by atoms with van der Waals surface area (Å²) in [4.78, 5) is 10.3. The summed E-state index contributed by atoms with van der Waals surface area (Å²) in [5.41, 5.74) is 0.917. The van der Waals surface area contributed by atoms with Crippen molar-refractivity contribution in [1.29, 1.82) is 0 Å². The highest BCUT2D eigenvalue weighted by atomic mass is 35.5. The second kappa shape index (κ2) is 5.76. The molecule has 0 spiro atoms. The molecule has 3 rings (SSSR count). The predicted molar refractivity (Wildman–Crippen MR) is 72.5 cm³/mol. The van der Waals surface area contributed by atoms with Crippen molar-refractivity contribution in [2.75, 3.05) is 19.7 Å². The molecule has 0 atom stereocenters. The van der Waals surface area contributed by atoms with Gasteiger partial charge in [0.2, 0.25) is 5.88 Å². The van der Waals surface area contributed by atoms with E-state index in [2.05, 4.69) is 20.0 Å². The van der Waals surface area contributed by atoms with E-state index in [4.69, 9.17) is 20.9 Å². The highest BCUT2D eigenvalue weighted by Crippen LogP contribution is 2.20. The number of rotatable bonds is 5. The molecule has 0 aromatic carbocycles. The number of nitrogens with zero attached hydrogens (tertiary/aromatic N) is 4. The fourth-order valence-electron chi connectivity index (χ4n) is 2.22. The van der Waals surface area contributed by atoms with Crippen LogP contribution in [0.15, 0.2) is 23.0 Å². The van der Waals surface area contributed by atoms with Gasteiger partial charge in [-0.3, -0.25) is 9.88 Å². The molecule has 6 nitrogen and oxygen atoms in total. The molecule has 1 saturated heterocycles. The summed E-state index contributed by atoms with van der Waals surface area (Å²) in [6.07, 6.45) is 3.05. The SMILES string of the molecule is Cc1cc(CN2CC(COc3cncc(Cl)n3)C2)on1. The maximum absolute atomic E-state index is 5.75. The first kappa shape index (κ1) is 13.3. The Kier molecular flexibility index (Phi) is 3.84. The Bertz CT molecular complexity index is 583. The molecule has 0 N–H and O–H groups in total. The molecule has 1 aliphatic rings. The molecule has 20 heavy (non-hydrogen) atoms. The Balaban J connectivity index is 1.40.